The zero-order valence-electron chi connectivity index (χ0n) is 11.3. The number of carbonyl (C=O) groups is 1. The van der Waals surface area contributed by atoms with Crippen molar-refractivity contribution >= 4 is 15.9 Å². The van der Waals surface area contributed by atoms with E-state index >= 15 is 0 Å². The lowest BCUT2D eigenvalue weighted by molar-refractivity contribution is -0.131. The minimum Gasteiger partial charge on any atom is -0.341 e. The fraction of sp³-hybridized carbons (Fsp3) is 0.583. The quantitative estimate of drug-likeness (QED) is 0.826. The highest BCUT2D eigenvalue weighted by Crippen LogP contribution is 2.24. The Kier molecular flexibility index (Phi) is 4.66. The van der Waals surface area contributed by atoms with Gasteiger partial charge in [0.1, 0.15) is 0 Å². The minimum atomic E-state index is -3.34. The Bertz CT molecular complexity index is 561. The Balaban J connectivity index is 1.95. The first-order valence-electron chi connectivity index (χ1n) is 6.44. The lowest BCUT2D eigenvalue weighted by Gasteiger charge is -2.32. The lowest BCUT2D eigenvalue weighted by atomic mass is 9.95. The Labute approximate surface area is 118 Å². The molecule has 2 rings (SSSR count). The normalized spacial score (nSPS) is 19.9. The molecule has 0 aliphatic carbocycles. The number of carbonyl (C=O) groups excluding carboxylic acids is 1. The highest BCUT2D eigenvalue weighted by Gasteiger charge is 2.25. The van der Waals surface area contributed by atoms with Gasteiger partial charge >= 0.3 is 0 Å². The second-order valence-electron chi connectivity index (χ2n) is 4.90. The Morgan fingerprint density at radius 2 is 2.30 bits per heavy atom. The predicted molar refractivity (Wildman–Crippen MR) is 73.4 cm³/mol. The van der Waals surface area contributed by atoms with Crippen molar-refractivity contribution in [2.45, 2.75) is 18.8 Å². The molecule has 1 atom stereocenters. The molecule has 20 heavy (non-hydrogen) atoms. The van der Waals surface area contributed by atoms with Crippen LogP contribution in [0.5, 0.6) is 0 Å². The predicted octanol–water partition coefficient (Wildman–Crippen LogP) is -0.268. The third-order valence-electron chi connectivity index (χ3n) is 3.26. The topological polar surface area (TPSA) is 92.3 Å². The maximum atomic E-state index is 12.0. The van der Waals surface area contributed by atoms with Gasteiger partial charge in [-0.2, -0.15) is 0 Å². The van der Waals surface area contributed by atoms with E-state index in [1.54, 1.807) is 23.5 Å². The van der Waals surface area contributed by atoms with Gasteiger partial charge in [-0.05, 0) is 12.8 Å². The fourth-order valence-electron chi connectivity index (χ4n) is 2.27. The van der Waals surface area contributed by atoms with Crippen molar-refractivity contribution in [2.24, 2.45) is 0 Å². The molecule has 8 heteroatoms. The maximum Gasteiger partial charge on any atom is 0.237 e. The van der Waals surface area contributed by atoms with Crippen LogP contribution in [0.1, 0.15) is 24.5 Å². The van der Waals surface area contributed by atoms with E-state index in [0.29, 0.717) is 13.1 Å². The van der Waals surface area contributed by atoms with E-state index in [-0.39, 0.29) is 18.4 Å². The monoisotopic (exact) mass is 298 g/mol. The van der Waals surface area contributed by atoms with Gasteiger partial charge in [-0.1, -0.05) is 0 Å². The van der Waals surface area contributed by atoms with Crippen LogP contribution in [0.3, 0.4) is 0 Å². The number of sulfonamides is 1. The number of piperidine rings is 1. The summed E-state index contributed by atoms with van der Waals surface area (Å²) in [6, 6.07) is 0. The van der Waals surface area contributed by atoms with Crippen molar-refractivity contribution in [1.29, 1.82) is 0 Å². The average Bonchev–Trinajstić information content (AvgIpc) is 2.45. The van der Waals surface area contributed by atoms with E-state index in [2.05, 4.69) is 14.7 Å². The van der Waals surface area contributed by atoms with Crippen molar-refractivity contribution in [3.8, 4) is 0 Å². The molecule has 7 nitrogen and oxygen atoms in total. The van der Waals surface area contributed by atoms with Gasteiger partial charge in [0.25, 0.3) is 0 Å². The van der Waals surface area contributed by atoms with E-state index in [0.717, 1.165) is 24.8 Å². The summed E-state index contributed by atoms with van der Waals surface area (Å²) in [6.45, 7) is 1.02. The van der Waals surface area contributed by atoms with E-state index in [1.807, 2.05) is 0 Å². The summed E-state index contributed by atoms with van der Waals surface area (Å²) >= 11 is 0. The first-order valence-corrected chi connectivity index (χ1v) is 8.33. The van der Waals surface area contributed by atoms with Gasteiger partial charge in [0.05, 0.1) is 18.5 Å². The summed E-state index contributed by atoms with van der Waals surface area (Å²) in [6.07, 6.45) is 7.85. The second-order valence-corrected chi connectivity index (χ2v) is 6.74. The van der Waals surface area contributed by atoms with Gasteiger partial charge in [-0.25, -0.2) is 13.1 Å². The molecule has 0 bridgehead atoms. The zero-order valence-corrected chi connectivity index (χ0v) is 12.1. The van der Waals surface area contributed by atoms with Crippen LogP contribution in [0.15, 0.2) is 18.6 Å². The van der Waals surface area contributed by atoms with Crippen LogP contribution >= 0.6 is 0 Å². The van der Waals surface area contributed by atoms with Crippen molar-refractivity contribution in [3.63, 3.8) is 0 Å². The summed E-state index contributed by atoms with van der Waals surface area (Å²) in [4.78, 5) is 22.0. The van der Waals surface area contributed by atoms with Crippen LogP contribution in [0.4, 0.5) is 0 Å². The third-order valence-corrected chi connectivity index (χ3v) is 3.93. The second kappa shape index (κ2) is 6.27. The number of nitrogens with zero attached hydrogens (tertiary/aromatic N) is 3. The average molecular weight is 298 g/mol. The van der Waals surface area contributed by atoms with E-state index in [1.165, 1.54) is 0 Å². The van der Waals surface area contributed by atoms with Crippen LogP contribution < -0.4 is 4.72 Å². The van der Waals surface area contributed by atoms with Crippen LogP contribution in [0.2, 0.25) is 0 Å². The molecule has 1 amide bonds. The molecule has 1 fully saturated rings. The summed E-state index contributed by atoms with van der Waals surface area (Å²) < 4.78 is 24.2. The van der Waals surface area contributed by atoms with Gasteiger partial charge in [0, 0.05) is 37.6 Å². The summed E-state index contributed by atoms with van der Waals surface area (Å²) in [5, 5.41) is 0. The molecule has 0 aromatic carbocycles. The van der Waals surface area contributed by atoms with E-state index < -0.39 is 10.0 Å². The largest absolute Gasteiger partial charge is 0.341 e. The molecular formula is C12H18N4O3S. The highest BCUT2D eigenvalue weighted by atomic mass is 32.2. The smallest absolute Gasteiger partial charge is 0.237 e. The Morgan fingerprint density at radius 1 is 1.50 bits per heavy atom. The lowest BCUT2D eigenvalue weighted by Crippen LogP contribution is -2.44. The molecule has 0 radical (unpaired) electrons. The Hall–Kier alpha value is -1.54. The number of likely N-dealkylation sites (tertiary alicyclic amines) is 1. The van der Waals surface area contributed by atoms with Gasteiger partial charge in [-0.15, -0.1) is 0 Å². The zero-order chi connectivity index (χ0) is 14.6. The van der Waals surface area contributed by atoms with Gasteiger partial charge in [-0.3, -0.25) is 14.8 Å². The molecule has 1 N–H and O–H groups in total. The van der Waals surface area contributed by atoms with Crippen molar-refractivity contribution in [3.05, 3.63) is 24.3 Å². The van der Waals surface area contributed by atoms with Gasteiger partial charge < -0.3 is 4.90 Å². The molecule has 1 aliphatic heterocycles. The summed E-state index contributed by atoms with van der Waals surface area (Å²) in [5.74, 6) is -0.0383. The molecule has 0 saturated carbocycles. The molecule has 110 valence electrons. The van der Waals surface area contributed by atoms with Crippen LogP contribution in [0.25, 0.3) is 0 Å². The number of amides is 1. The van der Waals surface area contributed by atoms with Crippen molar-refractivity contribution in [2.75, 3.05) is 25.9 Å². The van der Waals surface area contributed by atoms with Crippen LogP contribution in [-0.2, 0) is 14.8 Å². The number of hydrogen-bond donors (Lipinski definition) is 1. The van der Waals surface area contributed by atoms with Crippen molar-refractivity contribution in [1.82, 2.24) is 19.6 Å². The number of hydrogen-bond acceptors (Lipinski definition) is 5. The van der Waals surface area contributed by atoms with Gasteiger partial charge in [0.15, 0.2) is 0 Å². The molecule has 1 aliphatic rings. The molecular weight excluding hydrogens is 280 g/mol. The maximum absolute atomic E-state index is 12.0. The van der Waals surface area contributed by atoms with Crippen LogP contribution in [0, 0.1) is 0 Å². The Morgan fingerprint density at radius 3 is 2.95 bits per heavy atom. The number of rotatable bonds is 4. The molecule has 1 aromatic heterocycles. The number of aromatic nitrogens is 2. The van der Waals surface area contributed by atoms with E-state index in [9.17, 15) is 13.2 Å². The summed E-state index contributed by atoms with van der Waals surface area (Å²) in [7, 11) is -3.34. The number of nitrogens with one attached hydrogen (secondary N) is 1. The van der Waals surface area contributed by atoms with Gasteiger partial charge in [0.2, 0.25) is 15.9 Å². The molecule has 1 saturated heterocycles. The standard InChI is InChI=1S/C12H18N4O3S/c1-20(18,19)15-8-12(17)16-6-2-3-10(9-16)11-7-13-4-5-14-11/h4-5,7,10,15H,2-3,6,8-9H2,1H3/t10-/m1/s1. The molecule has 0 unspecified atom stereocenters. The van der Waals surface area contributed by atoms with Crippen molar-refractivity contribution < 1.29 is 13.2 Å². The highest BCUT2D eigenvalue weighted by molar-refractivity contribution is 7.88. The SMILES string of the molecule is CS(=O)(=O)NCC(=O)N1CCC[C@@H](c2cnccn2)C1. The third kappa shape index (κ3) is 4.24. The molecule has 1 aromatic rings. The summed E-state index contributed by atoms with van der Waals surface area (Å²) in [5.41, 5.74) is 0.876. The first kappa shape index (κ1) is 14.9. The van der Waals surface area contributed by atoms with Crippen LogP contribution in [-0.4, -0.2) is 55.1 Å². The molecule has 2 heterocycles. The fourth-order valence-corrected chi connectivity index (χ4v) is 2.66. The first-order chi connectivity index (χ1) is 9.46. The van der Waals surface area contributed by atoms with E-state index in [4.69, 9.17) is 0 Å². The minimum absolute atomic E-state index is 0.166. The molecule has 0 spiro atoms.